The summed E-state index contributed by atoms with van der Waals surface area (Å²) in [7, 11) is 2.76. The SMILES string of the molecule is COC(=O)c1ccc(N[C@@H]2C[C@H]2c2cccc(F)c2)nc1OC. The van der Waals surface area contributed by atoms with Crippen LogP contribution in [0.15, 0.2) is 36.4 Å². The van der Waals surface area contributed by atoms with Crippen molar-refractivity contribution in [2.75, 3.05) is 19.5 Å². The molecule has 1 N–H and O–H groups in total. The molecule has 0 spiro atoms. The molecular formula is C17H17FN2O3. The number of nitrogens with zero attached hydrogens (tertiary/aromatic N) is 1. The number of pyridine rings is 1. The number of rotatable bonds is 5. The third-order valence-electron chi connectivity index (χ3n) is 3.86. The molecule has 1 aromatic heterocycles. The maximum Gasteiger partial charge on any atom is 0.343 e. The fourth-order valence-electron chi connectivity index (χ4n) is 2.59. The smallest absolute Gasteiger partial charge is 0.343 e. The Hall–Kier alpha value is -2.63. The minimum atomic E-state index is -0.495. The monoisotopic (exact) mass is 316 g/mol. The van der Waals surface area contributed by atoms with Gasteiger partial charge in [-0.05, 0) is 36.2 Å². The Morgan fingerprint density at radius 1 is 1.30 bits per heavy atom. The van der Waals surface area contributed by atoms with Crippen LogP contribution in [-0.4, -0.2) is 31.2 Å². The molecule has 6 heteroatoms. The van der Waals surface area contributed by atoms with Crippen LogP contribution in [0.3, 0.4) is 0 Å². The van der Waals surface area contributed by atoms with E-state index in [0.717, 1.165) is 12.0 Å². The topological polar surface area (TPSA) is 60.5 Å². The predicted octanol–water partition coefficient (Wildman–Crippen LogP) is 2.98. The third kappa shape index (κ3) is 3.26. The number of aromatic nitrogens is 1. The first kappa shape index (κ1) is 15.3. The Labute approximate surface area is 133 Å². The molecular weight excluding hydrogens is 299 g/mol. The first-order chi connectivity index (χ1) is 11.1. The van der Waals surface area contributed by atoms with Crippen molar-refractivity contribution in [3.05, 3.63) is 53.3 Å². The predicted molar refractivity (Wildman–Crippen MR) is 83.3 cm³/mol. The lowest BCUT2D eigenvalue weighted by atomic mass is 10.1. The van der Waals surface area contributed by atoms with E-state index < -0.39 is 5.97 Å². The van der Waals surface area contributed by atoms with E-state index >= 15 is 0 Å². The summed E-state index contributed by atoms with van der Waals surface area (Å²) in [6.07, 6.45) is 0.909. The van der Waals surface area contributed by atoms with E-state index in [1.807, 2.05) is 6.07 Å². The van der Waals surface area contributed by atoms with Gasteiger partial charge in [-0.1, -0.05) is 12.1 Å². The molecule has 1 aromatic carbocycles. The Morgan fingerprint density at radius 2 is 2.13 bits per heavy atom. The summed E-state index contributed by atoms with van der Waals surface area (Å²) in [6, 6.07) is 10.1. The highest BCUT2D eigenvalue weighted by atomic mass is 19.1. The van der Waals surface area contributed by atoms with Gasteiger partial charge in [0.1, 0.15) is 17.2 Å². The summed E-state index contributed by atoms with van der Waals surface area (Å²) >= 11 is 0. The van der Waals surface area contributed by atoms with Crippen molar-refractivity contribution in [1.29, 1.82) is 0 Å². The molecule has 1 aliphatic rings. The van der Waals surface area contributed by atoms with E-state index in [0.29, 0.717) is 5.82 Å². The molecule has 1 fully saturated rings. The van der Waals surface area contributed by atoms with Gasteiger partial charge in [-0.15, -0.1) is 0 Å². The molecule has 3 rings (SSSR count). The summed E-state index contributed by atoms with van der Waals surface area (Å²) in [4.78, 5) is 15.9. The Bertz CT molecular complexity index is 736. The van der Waals surface area contributed by atoms with Crippen LogP contribution in [0.1, 0.15) is 28.3 Å². The van der Waals surface area contributed by atoms with Crippen LogP contribution in [0, 0.1) is 5.82 Å². The number of methoxy groups -OCH3 is 2. The number of nitrogens with one attached hydrogen (secondary N) is 1. The van der Waals surface area contributed by atoms with Gasteiger partial charge in [0.15, 0.2) is 0 Å². The zero-order valence-electron chi connectivity index (χ0n) is 12.9. The van der Waals surface area contributed by atoms with Crippen molar-refractivity contribution in [2.45, 2.75) is 18.4 Å². The zero-order chi connectivity index (χ0) is 16.4. The van der Waals surface area contributed by atoms with Crippen LogP contribution in [0.4, 0.5) is 10.2 Å². The molecule has 5 nitrogen and oxygen atoms in total. The van der Waals surface area contributed by atoms with Crippen LogP contribution in [0.5, 0.6) is 5.88 Å². The second-order valence-electron chi connectivity index (χ2n) is 5.39. The quantitative estimate of drug-likeness (QED) is 0.859. The van der Waals surface area contributed by atoms with E-state index in [2.05, 4.69) is 15.0 Å². The molecule has 0 unspecified atom stereocenters. The Balaban J connectivity index is 1.71. The fourth-order valence-corrected chi connectivity index (χ4v) is 2.59. The summed E-state index contributed by atoms with van der Waals surface area (Å²) in [5.74, 6) is 0.363. The van der Waals surface area contributed by atoms with Gasteiger partial charge >= 0.3 is 5.97 Å². The van der Waals surface area contributed by atoms with Crippen molar-refractivity contribution in [3.63, 3.8) is 0 Å². The van der Waals surface area contributed by atoms with Gasteiger partial charge in [-0.25, -0.2) is 9.18 Å². The average Bonchev–Trinajstić information content (AvgIpc) is 3.33. The Kier molecular flexibility index (Phi) is 4.14. The minimum Gasteiger partial charge on any atom is -0.480 e. The van der Waals surface area contributed by atoms with Gasteiger partial charge in [0.05, 0.1) is 14.2 Å². The van der Waals surface area contributed by atoms with E-state index in [4.69, 9.17) is 4.74 Å². The van der Waals surface area contributed by atoms with Crippen molar-refractivity contribution >= 4 is 11.8 Å². The zero-order valence-corrected chi connectivity index (χ0v) is 12.9. The van der Waals surface area contributed by atoms with Crippen molar-refractivity contribution in [3.8, 4) is 5.88 Å². The second kappa shape index (κ2) is 6.24. The number of anilines is 1. The fraction of sp³-hybridized carbons (Fsp3) is 0.294. The van der Waals surface area contributed by atoms with Crippen molar-refractivity contribution in [2.24, 2.45) is 0 Å². The molecule has 0 saturated heterocycles. The van der Waals surface area contributed by atoms with Gasteiger partial charge in [-0.3, -0.25) is 0 Å². The summed E-state index contributed by atoms with van der Waals surface area (Å²) in [5, 5.41) is 3.28. The van der Waals surface area contributed by atoms with Crippen LogP contribution in [-0.2, 0) is 4.74 Å². The normalized spacial score (nSPS) is 19.1. The third-order valence-corrected chi connectivity index (χ3v) is 3.86. The van der Waals surface area contributed by atoms with Crippen molar-refractivity contribution < 1.29 is 18.7 Å². The lowest BCUT2D eigenvalue weighted by Gasteiger charge is -2.10. The van der Waals surface area contributed by atoms with E-state index in [1.165, 1.54) is 20.3 Å². The first-order valence-electron chi connectivity index (χ1n) is 7.27. The van der Waals surface area contributed by atoms with Gasteiger partial charge in [0, 0.05) is 12.0 Å². The molecule has 0 amide bonds. The summed E-state index contributed by atoms with van der Waals surface area (Å²) in [5.41, 5.74) is 1.25. The first-order valence-corrected chi connectivity index (χ1v) is 7.27. The van der Waals surface area contributed by atoms with Crippen LogP contribution in [0.25, 0.3) is 0 Å². The second-order valence-corrected chi connectivity index (χ2v) is 5.39. The standard InChI is InChI=1S/C17H17FN2O3/c1-22-16-12(17(21)23-2)6-7-15(20-16)19-14-9-13(14)10-4-3-5-11(18)8-10/h3-8,13-14H,9H2,1-2H3,(H,19,20)/t13-,14+/m0/s1. The molecule has 2 atom stereocenters. The highest BCUT2D eigenvalue weighted by Crippen LogP contribution is 2.42. The van der Waals surface area contributed by atoms with E-state index in [-0.39, 0.29) is 29.2 Å². The number of hydrogen-bond donors (Lipinski definition) is 1. The van der Waals surface area contributed by atoms with Gasteiger partial charge in [0.2, 0.25) is 5.88 Å². The number of halogens is 1. The van der Waals surface area contributed by atoms with E-state index in [1.54, 1.807) is 24.3 Å². The number of carbonyl (C=O) groups excluding carboxylic acids is 1. The van der Waals surface area contributed by atoms with E-state index in [9.17, 15) is 9.18 Å². The molecule has 0 radical (unpaired) electrons. The van der Waals surface area contributed by atoms with Gasteiger partial charge < -0.3 is 14.8 Å². The lowest BCUT2D eigenvalue weighted by Crippen LogP contribution is -2.10. The van der Waals surface area contributed by atoms with Gasteiger partial charge in [-0.2, -0.15) is 4.98 Å². The molecule has 2 aromatic rings. The highest BCUT2D eigenvalue weighted by molar-refractivity contribution is 5.92. The molecule has 1 aliphatic carbocycles. The molecule has 1 saturated carbocycles. The average molecular weight is 316 g/mol. The number of esters is 1. The molecule has 23 heavy (non-hydrogen) atoms. The number of benzene rings is 1. The lowest BCUT2D eigenvalue weighted by molar-refractivity contribution is 0.0596. The number of hydrogen-bond acceptors (Lipinski definition) is 5. The Morgan fingerprint density at radius 3 is 2.83 bits per heavy atom. The summed E-state index contributed by atoms with van der Waals surface area (Å²) < 4.78 is 23.1. The largest absolute Gasteiger partial charge is 0.480 e. The van der Waals surface area contributed by atoms with Crippen LogP contribution >= 0.6 is 0 Å². The van der Waals surface area contributed by atoms with Crippen molar-refractivity contribution in [1.82, 2.24) is 4.98 Å². The highest BCUT2D eigenvalue weighted by Gasteiger charge is 2.38. The summed E-state index contributed by atoms with van der Waals surface area (Å²) in [6.45, 7) is 0. The molecule has 1 heterocycles. The van der Waals surface area contributed by atoms with Crippen LogP contribution in [0.2, 0.25) is 0 Å². The minimum absolute atomic E-state index is 0.193. The van der Waals surface area contributed by atoms with Crippen LogP contribution < -0.4 is 10.1 Å². The maximum absolute atomic E-state index is 13.3. The number of ether oxygens (including phenoxy) is 2. The van der Waals surface area contributed by atoms with Gasteiger partial charge in [0.25, 0.3) is 0 Å². The molecule has 0 aliphatic heterocycles. The number of carbonyl (C=O) groups is 1. The maximum atomic E-state index is 13.3. The molecule has 0 bridgehead atoms. The molecule has 120 valence electrons.